The van der Waals surface area contributed by atoms with E-state index in [-0.39, 0.29) is 23.9 Å². The highest BCUT2D eigenvalue weighted by molar-refractivity contribution is 5.78. The maximum absolute atomic E-state index is 13.5. The Labute approximate surface area is 155 Å². The topological polar surface area (TPSA) is 29.5 Å². The fourth-order valence-corrected chi connectivity index (χ4v) is 4.65. The highest BCUT2D eigenvalue weighted by Crippen LogP contribution is 2.40. The number of hydrogen-bond donors (Lipinski definition) is 0. The molecular weight excluding hydrogens is 329 g/mol. The van der Waals surface area contributed by atoms with Gasteiger partial charge >= 0.3 is 0 Å². The number of carbonyl (C=O) groups excluding carboxylic acids is 1. The average molecular weight is 359 g/mol. The molecule has 4 rings (SSSR count). The van der Waals surface area contributed by atoms with Crippen LogP contribution in [0.3, 0.4) is 0 Å². The number of nitrogens with zero attached hydrogens (tertiary/aromatic N) is 1. The molecule has 0 N–H and O–H groups in total. The second-order valence-electron chi connectivity index (χ2n) is 8.33. The first-order chi connectivity index (χ1) is 12.7. The maximum atomic E-state index is 13.5. The summed E-state index contributed by atoms with van der Waals surface area (Å²) in [4.78, 5) is 14.6. The number of benzene rings is 1. The van der Waals surface area contributed by atoms with Crippen LogP contribution in [-0.2, 0) is 9.53 Å². The first-order valence-corrected chi connectivity index (χ1v) is 10.4. The quantitative estimate of drug-likeness (QED) is 0.695. The molecule has 0 bridgehead atoms. The zero-order valence-electron chi connectivity index (χ0n) is 15.5. The van der Waals surface area contributed by atoms with Gasteiger partial charge in [-0.25, -0.2) is 4.39 Å². The minimum absolute atomic E-state index is 0.0309. The molecule has 1 aromatic rings. The largest absolute Gasteiger partial charge is 0.375 e. The Morgan fingerprint density at radius 3 is 2.38 bits per heavy atom. The molecule has 3 aliphatic rings. The molecule has 0 radical (unpaired) electrons. The Morgan fingerprint density at radius 1 is 1.04 bits per heavy atom. The smallest absolute Gasteiger partial charge is 0.223 e. The Hall–Kier alpha value is -1.42. The highest BCUT2D eigenvalue weighted by atomic mass is 19.1. The van der Waals surface area contributed by atoms with E-state index < -0.39 is 0 Å². The molecule has 1 heterocycles. The second-order valence-corrected chi connectivity index (χ2v) is 8.33. The molecule has 1 saturated heterocycles. The van der Waals surface area contributed by atoms with Gasteiger partial charge in [-0.3, -0.25) is 4.79 Å². The van der Waals surface area contributed by atoms with Crippen LogP contribution in [0, 0.1) is 17.7 Å². The molecule has 2 aliphatic carbocycles. The molecule has 1 amide bonds. The van der Waals surface area contributed by atoms with Crippen molar-refractivity contribution in [3.8, 4) is 0 Å². The number of ether oxygens (including phenoxy) is 1. The average Bonchev–Trinajstić information content (AvgIpc) is 3.40. The van der Waals surface area contributed by atoms with Crippen LogP contribution in [-0.4, -0.2) is 30.1 Å². The van der Waals surface area contributed by atoms with E-state index in [0.29, 0.717) is 18.3 Å². The summed E-state index contributed by atoms with van der Waals surface area (Å²) in [6.07, 6.45) is 10.2. The number of carbonyl (C=O) groups is 1. The predicted octanol–water partition coefficient (Wildman–Crippen LogP) is 4.86. The summed E-state index contributed by atoms with van der Waals surface area (Å²) in [5.74, 6) is 1.18. The molecule has 3 fully saturated rings. The molecule has 1 aromatic carbocycles. The Kier molecular flexibility index (Phi) is 5.58. The van der Waals surface area contributed by atoms with Crippen LogP contribution in [0.5, 0.6) is 0 Å². The summed E-state index contributed by atoms with van der Waals surface area (Å²) < 4.78 is 20.0. The van der Waals surface area contributed by atoms with Gasteiger partial charge in [-0.1, -0.05) is 31.4 Å². The summed E-state index contributed by atoms with van der Waals surface area (Å²) >= 11 is 0. The lowest BCUT2D eigenvalue weighted by Gasteiger charge is -2.40. The third-order valence-electron chi connectivity index (χ3n) is 6.30. The maximum Gasteiger partial charge on any atom is 0.223 e. The van der Waals surface area contributed by atoms with Gasteiger partial charge in [0.15, 0.2) is 0 Å². The van der Waals surface area contributed by atoms with Crippen molar-refractivity contribution >= 4 is 5.91 Å². The minimum atomic E-state index is -0.228. The van der Waals surface area contributed by atoms with Crippen LogP contribution in [0.4, 0.5) is 4.39 Å². The fraction of sp³-hybridized carbons (Fsp3) is 0.682. The Bertz CT molecular complexity index is 607. The molecule has 26 heavy (non-hydrogen) atoms. The summed E-state index contributed by atoms with van der Waals surface area (Å²) in [5, 5.41) is 0. The van der Waals surface area contributed by atoms with Gasteiger partial charge in [-0.05, 0) is 61.6 Å². The van der Waals surface area contributed by atoms with Crippen molar-refractivity contribution < 1.29 is 13.9 Å². The van der Waals surface area contributed by atoms with Gasteiger partial charge in [-0.15, -0.1) is 0 Å². The van der Waals surface area contributed by atoms with Crippen molar-refractivity contribution in [3.05, 3.63) is 35.6 Å². The lowest BCUT2D eigenvalue weighted by atomic mass is 9.80. The van der Waals surface area contributed by atoms with E-state index in [0.717, 1.165) is 25.1 Å². The van der Waals surface area contributed by atoms with Crippen LogP contribution < -0.4 is 0 Å². The predicted molar refractivity (Wildman–Crippen MR) is 99.1 cm³/mol. The molecule has 1 unspecified atom stereocenters. The second kappa shape index (κ2) is 8.08. The molecule has 0 spiro atoms. The van der Waals surface area contributed by atoms with E-state index in [9.17, 15) is 9.18 Å². The van der Waals surface area contributed by atoms with E-state index in [1.165, 1.54) is 57.1 Å². The molecule has 2 atom stereocenters. The van der Waals surface area contributed by atoms with Gasteiger partial charge in [0.05, 0.1) is 12.1 Å². The molecule has 1 aliphatic heterocycles. The van der Waals surface area contributed by atoms with Crippen molar-refractivity contribution in [1.29, 1.82) is 0 Å². The number of amides is 1. The number of halogens is 1. The Morgan fingerprint density at radius 2 is 1.77 bits per heavy atom. The fourth-order valence-electron chi connectivity index (χ4n) is 4.65. The monoisotopic (exact) mass is 359 g/mol. The lowest BCUT2D eigenvalue weighted by Crippen LogP contribution is -2.43. The summed E-state index contributed by atoms with van der Waals surface area (Å²) in [6.45, 7) is 1.60. The SMILES string of the molecule is O=C1CCCN1[C@@H](c1ccc(F)cc1)C(OCC1CC1)C1CCCCC1. The van der Waals surface area contributed by atoms with Crippen molar-refractivity contribution in [2.45, 2.75) is 69.9 Å². The van der Waals surface area contributed by atoms with E-state index in [1.54, 1.807) is 0 Å². The molecule has 3 nitrogen and oxygen atoms in total. The first-order valence-electron chi connectivity index (χ1n) is 10.4. The van der Waals surface area contributed by atoms with Crippen LogP contribution >= 0.6 is 0 Å². The van der Waals surface area contributed by atoms with Crippen LogP contribution in [0.1, 0.15) is 69.4 Å². The third kappa shape index (κ3) is 4.11. The van der Waals surface area contributed by atoms with Crippen LogP contribution in [0.15, 0.2) is 24.3 Å². The van der Waals surface area contributed by atoms with Gasteiger partial charge in [0.2, 0.25) is 5.91 Å². The van der Waals surface area contributed by atoms with Crippen LogP contribution in [0.25, 0.3) is 0 Å². The van der Waals surface area contributed by atoms with Crippen molar-refractivity contribution in [2.24, 2.45) is 11.8 Å². The molecular formula is C22H30FNO2. The normalized spacial score (nSPS) is 24.0. The van der Waals surface area contributed by atoms with Crippen molar-refractivity contribution in [2.75, 3.05) is 13.2 Å². The highest BCUT2D eigenvalue weighted by Gasteiger charge is 2.40. The van der Waals surface area contributed by atoms with E-state index in [2.05, 4.69) is 0 Å². The third-order valence-corrected chi connectivity index (χ3v) is 6.30. The van der Waals surface area contributed by atoms with Gasteiger partial charge in [0, 0.05) is 19.6 Å². The number of hydrogen-bond acceptors (Lipinski definition) is 2. The van der Waals surface area contributed by atoms with Gasteiger partial charge in [0.25, 0.3) is 0 Å². The minimum Gasteiger partial charge on any atom is -0.375 e. The molecule has 2 saturated carbocycles. The van der Waals surface area contributed by atoms with Gasteiger partial charge in [-0.2, -0.15) is 0 Å². The number of likely N-dealkylation sites (tertiary alicyclic amines) is 1. The van der Waals surface area contributed by atoms with Crippen LogP contribution in [0.2, 0.25) is 0 Å². The lowest BCUT2D eigenvalue weighted by molar-refractivity contribution is -0.136. The summed E-state index contributed by atoms with van der Waals surface area (Å²) in [5.41, 5.74) is 1.02. The zero-order valence-corrected chi connectivity index (χ0v) is 15.5. The molecule has 0 aromatic heterocycles. The van der Waals surface area contributed by atoms with Crippen molar-refractivity contribution in [3.63, 3.8) is 0 Å². The van der Waals surface area contributed by atoms with E-state index >= 15 is 0 Å². The van der Waals surface area contributed by atoms with Crippen molar-refractivity contribution in [1.82, 2.24) is 4.90 Å². The van der Waals surface area contributed by atoms with E-state index in [4.69, 9.17) is 4.74 Å². The first kappa shape index (κ1) is 18.0. The summed E-state index contributed by atoms with van der Waals surface area (Å²) in [7, 11) is 0. The van der Waals surface area contributed by atoms with Gasteiger partial charge < -0.3 is 9.64 Å². The van der Waals surface area contributed by atoms with Gasteiger partial charge in [0.1, 0.15) is 5.82 Å². The molecule has 4 heteroatoms. The Balaban J connectivity index is 1.64. The summed E-state index contributed by atoms with van der Waals surface area (Å²) in [6, 6.07) is 6.65. The zero-order chi connectivity index (χ0) is 17.9. The molecule has 142 valence electrons. The standard InChI is InChI=1S/C22H30FNO2/c23-19-12-10-17(11-13-19)21(24-14-4-7-20(24)25)22(26-15-16-8-9-16)18-5-2-1-3-6-18/h10-13,16,18,21-22H,1-9,14-15H2/t21-,22?/m0/s1. The number of rotatable bonds is 7. The van der Waals surface area contributed by atoms with E-state index in [1.807, 2.05) is 17.0 Å².